The Hall–Kier alpha value is -1.84. The second-order valence-electron chi connectivity index (χ2n) is 4.52. The third-order valence-electron chi connectivity index (χ3n) is 3.18. The van der Waals surface area contributed by atoms with Crippen molar-refractivity contribution in [3.05, 3.63) is 30.9 Å². The van der Waals surface area contributed by atoms with E-state index >= 15 is 0 Å². The van der Waals surface area contributed by atoms with Crippen molar-refractivity contribution in [1.82, 2.24) is 14.5 Å². The fraction of sp³-hybridized carbons (Fsp3) is 0.385. The van der Waals surface area contributed by atoms with Gasteiger partial charge < -0.3 is 9.47 Å². The van der Waals surface area contributed by atoms with Gasteiger partial charge in [-0.3, -0.25) is 0 Å². The Kier molecular flexibility index (Phi) is 2.55. The van der Waals surface area contributed by atoms with Crippen LogP contribution in [0.1, 0.15) is 12.8 Å². The minimum atomic E-state index is 0.980. The van der Waals surface area contributed by atoms with E-state index in [1.165, 1.54) is 12.8 Å². The number of aromatic nitrogens is 3. The maximum atomic E-state index is 4.52. The lowest BCUT2D eigenvalue weighted by Crippen LogP contribution is -2.18. The monoisotopic (exact) mass is 228 g/mol. The van der Waals surface area contributed by atoms with E-state index in [0.717, 1.165) is 30.2 Å². The van der Waals surface area contributed by atoms with Crippen molar-refractivity contribution >= 4 is 5.82 Å². The summed E-state index contributed by atoms with van der Waals surface area (Å²) < 4.78 is 1.95. The first-order valence-electron chi connectivity index (χ1n) is 6.02. The van der Waals surface area contributed by atoms with E-state index < -0.39 is 0 Å². The number of nitrogens with zero attached hydrogens (tertiary/aromatic N) is 4. The summed E-state index contributed by atoms with van der Waals surface area (Å²) in [7, 11) is 1.97. The molecule has 4 heteroatoms. The molecule has 0 N–H and O–H groups in total. The van der Waals surface area contributed by atoms with Gasteiger partial charge in [-0.15, -0.1) is 0 Å². The molecule has 2 aromatic heterocycles. The molecule has 0 amide bonds. The van der Waals surface area contributed by atoms with Crippen molar-refractivity contribution in [1.29, 1.82) is 0 Å². The van der Waals surface area contributed by atoms with Crippen molar-refractivity contribution in [3.63, 3.8) is 0 Å². The first kappa shape index (κ1) is 10.3. The molecule has 4 nitrogen and oxygen atoms in total. The van der Waals surface area contributed by atoms with E-state index in [9.17, 15) is 0 Å². The third kappa shape index (κ3) is 2.02. The van der Waals surface area contributed by atoms with Gasteiger partial charge in [-0.05, 0) is 25.0 Å². The zero-order valence-corrected chi connectivity index (χ0v) is 10.0. The van der Waals surface area contributed by atoms with Crippen molar-refractivity contribution in [2.45, 2.75) is 12.8 Å². The largest absolute Gasteiger partial charge is 0.357 e. The van der Waals surface area contributed by atoms with Crippen molar-refractivity contribution in [2.24, 2.45) is 7.05 Å². The number of imidazole rings is 1. The molecule has 88 valence electrons. The molecule has 3 heterocycles. The SMILES string of the molecule is Cn1cnc(-c2ccc(N3CCCC3)nc2)c1. The highest BCUT2D eigenvalue weighted by Crippen LogP contribution is 2.21. The van der Waals surface area contributed by atoms with Crippen LogP contribution < -0.4 is 4.90 Å². The average Bonchev–Trinajstić information content (AvgIpc) is 3.00. The van der Waals surface area contributed by atoms with Gasteiger partial charge in [-0.25, -0.2) is 9.97 Å². The first-order valence-corrected chi connectivity index (χ1v) is 6.02. The highest BCUT2D eigenvalue weighted by Gasteiger charge is 2.13. The number of hydrogen-bond donors (Lipinski definition) is 0. The van der Waals surface area contributed by atoms with Crippen molar-refractivity contribution < 1.29 is 0 Å². The summed E-state index contributed by atoms with van der Waals surface area (Å²) >= 11 is 0. The van der Waals surface area contributed by atoms with Gasteiger partial charge in [-0.1, -0.05) is 0 Å². The Morgan fingerprint density at radius 2 is 1.94 bits per heavy atom. The van der Waals surface area contributed by atoms with Crippen LogP contribution in [-0.2, 0) is 7.05 Å². The molecule has 1 fully saturated rings. The summed E-state index contributed by atoms with van der Waals surface area (Å²) in [5.74, 6) is 1.09. The van der Waals surface area contributed by atoms with Crippen LogP contribution in [0.2, 0.25) is 0 Å². The summed E-state index contributed by atoms with van der Waals surface area (Å²) in [5, 5.41) is 0. The van der Waals surface area contributed by atoms with Crippen LogP contribution in [0.25, 0.3) is 11.3 Å². The maximum Gasteiger partial charge on any atom is 0.128 e. The maximum absolute atomic E-state index is 4.52. The summed E-state index contributed by atoms with van der Waals surface area (Å²) in [6, 6.07) is 4.19. The van der Waals surface area contributed by atoms with E-state index in [4.69, 9.17) is 0 Å². The molecule has 0 unspecified atom stereocenters. The summed E-state index contributed by atoms with van der Waals surface area (Å²) in [4.78, 5) is 11.2. The van der Waals surface area contributed by atoms with E-state index in [1.807, 2.05) is 30.3 Å². The van der Waals surface area contributed by atoms with Crippen LogP contribution in [-0.4, -0.2) is 27.6 Å². The predicted molar refractivity (Wildman–Crippen MR) is 67.9 cm³/mol. The van der Waals surface area contributed by atoms with Gasteiger partial charge in [-0.2, -0.15) is 0 Å². The normalized spacial score (nSPS) is 15.5. The Bertz CT molecular complexity index is 494. The Morgan fingerprint density at radius 3 is 2.53 bits per heavy atom. The number of rotatable bonds is 2. The van der Waals surface area contributed by atoms with E-state index in [2.05, 4.69) is 27.0 Å². The first-order chi connectivity index (χ1) is 8.33. The second kappa shape index (κ2) is 4.20. The number of aryl methyl sites for hydroxylation is 1. The van der Waals surface area contributed by atoms with Crippen LogP contribution in [0.4, 0.5) is 5.82 Å². The lowest BCUT2D eigenvalue weighted by molar-refractivity contribution is 0.913. The number of hydrogen-bond acceptors (Lipinski definition) is 3. The van der Waals surface area contributed by atoms with Gasteiger partial charge in [0.25, 0.3) is 0 Å². The lowest BCUT2D eigenvalue weighted by Gasteiger charge is -2.15. The van der Waals surface area contributed by atoms with Crippen LogP contribution in [0.5, 0.6) is 0 Å². The zero-order chi connectivity index (χ0) is 11.7. The predicted octanol–water partition coefficient (Wildman–Crippen LogP) is 2.08. The molecule has 1 aliphatic rings. The number of anilines is 1. The average molecular weight is 228 g/mol. The second-order valence-corrected chi connectivity index (χ2v) is 4.52. The molecule has 0 aliphatic carbocycles. The topological polar surface area (TPSA) is 34.0 Å². The molecule has 0 aromatic carbocycles. The van der Waals surface area contributed by atoms with E-state index in [-0.39, 0.29) is 0 Å². The fourth-order valence-corrected chi connectivity index (χ4v) is 2.23. The Morgan fingerprint density at radius 1 is 1.12 bits per heavy atom. The highest BCUT2D eigenvalue weighted by molar-refractivity contribution is 5.59. The van der Waals surface area contributed by atoms with Gasteiger partial charge in [0, 0.05) is 38.1 Å². The molecule has 1 saturated heterocycles. The van der Waals surface area contributed by atoms with Crippen molar-refractivity contribution in [3.8, 4) is 11.3 Å². The molecule has 17 heavy (non-hydrogen) atoms. The molecular formula is C13H16N4. The van der Waals surface area contributed by atoms with Crippen LogP contribution >= 0.6 is 0 Å². The van der Waals surface area contributed by atoms with Gasteiger partial charge in [0.1, 0.15) is 5.82 Å². The molecule has 0 bridgehead atoms. The minimum absolute atomic E-state index is 0.980. The van der Waals surface area contributed by atoms with Crippen LogP contribution in [0, 0.1) is 0 Å². The van der Waals surface area contributed by atoms with Gasteiger partial charge in [0.05, 0.1) is 12.0 Å². The van der Waals surface area contributed by atoms with Gasteiger partial charge in [0.15, 0.2) is 0 Å². The van der Waals surface area contributed by atoms with Crippen molar-refractivity contribution in [2.75, 3.05) is 18.0 Å². The molecular weight excluding hydrogens is 212 g/mol. The highest BCUT2D eigenvalue weighted by atomic mass is 15.2. The minimum Gasteiger partial charge on any atom is -0.357 e. The smallest absolute Gasteiger partial charge is 0.128 e. The number of pyridine rings is 1. The lowest BCUT2D eigenvalue weighted by atomic mass is 10.2. The van der Waals surface area contributed by atoms with Gasteiger partial charge in [0.2, 0.25) is 0 Å². The Labute approximate surface area is 101 Å². The molecule has 3 rings (SSSR count). The summed E-state index contributed by atoms with van der Waals surface area (Å²) in [6.07, 6.45) is 8.29. The third-order valence-corrected chi connectivity index (χ3v) is 3.18. The molecule has 0 radical (unpaired) electrons. The van der Waals surface area contributed by atoms with Crippen LogP contribution in [0.15, 0.2) is 30.9 Å². The molecule has 0 atom stereocenters. The van der Waals surface area contributed by atoms with E-state index in [1.54, 1.807) is 0 Å². The van der Waals surface area contributed by atoms with E-state index in [0.29, 0.717) is 0 Å². The molecule has 2 aromatic rings. The quantitative estimate of drug-likeness (QED) is 0.789. The standard InChI is InChI=1S/C13H16N4/c1-16-9-12(15-10-16)11-4-5-13(14-8-11)17-6-2-3-7-17/h4-5,8-10H,2-3,6-7H2,1H3. The summed E-state index contributed by atoms with van der Waals surface area (Å²) in [6.45, 7) is 2.27. The Balaban J connectivity index is 1.84. The van der Waals surface area contributed by atoms with Gasteiger partial charge >= 0.3 is 0 Å². The fourth-order valence-electron chi connectivity index (χ4n) is 2.23. The summed E-state index contributed by atoms with van der Waals surface area (Å²) in [5.41, 5.74) is 2.06. The van der Waals surface area contributed by atoms with Crippen LogP contribution in [0.3, 0.4) is 0 Å². The molecule has 0 spiro atoms. The zero-order valence-electron chi connectivity index (χ0n) is 10.0. The molecule has 1 aliphatic heterocycles. The molecule has 0 saturated carbocycles.